The number of β-amino-alcohol motifs (C(OH)–C–C–N with tert-alkyl or cyclic N) is 1. The first-order valence-corrected chi connectivity index (χ1v) is 6.24. The van der Waals surface area contributed by atoms with Crippen molar-refractivity contribution in [3.8, 4) is 0 Å². The van der Waals surface area contributed by atoms with Gasteiger partial charge >= 0.3 is 6.18 Å². The lowest BCUT2D eigenvalue weighted by Crippen LogP contribution is -2.35. The molecule has 0 bridgehead atoms. The summed E-state index contributed by atoms with van der Waals surface area (Å²) in [7, 11) is 0. The van der Waals surface area contributed by atoms with Gasteiger partial charge in [-0.2, -0.15) is 13.2 Å². The van der Waals surface area contributed by atoms with Crippen molar-refractivity contribution in [1.29, 1.82) is 0 Å². The summed E-state index contributed by atoms with van der Waals surface area (Å²) in [6, 6.07) is 2.54. The Balaban J connectivity index is 0.00000220. The van der Waals surface area contributed by atoms with E-state index in [2.05, 4.69) is 10.6 Å². The Morgan fingerprint density at radius 3 is 2.62 bits per heavy atom. The molecule has 0 aromatic heterocycles. The largest absolute Gasteiger partial charge is 0.417 e. The van der Waals surface area contributed by atoms with Gasteiger partial charge in [0.1, 0.15) is 0 Å². The molecule has 0 radical (unpaired) electrons. The highest BCUT2D eigenvalue weighted by Crippen LogP contribution is 2.36. The molecule has 1 aliphatic rings. The van der Waals surface area contributed by atoms with Crippen LogP contribution >= 0.6 is 24.0 Å². The van der Waals surface area contributed by atoms with Crippen LogP contribution in [0.4, 0.5) is 18.9 Å². The summed E-state index contributed by atoms with van der Waals surface area (Å²) >= 11 is 5.49. The van der Waals surface area contributed by atoms with E-state index in [0.29, 0.717) is 0 Å². The molecule has 1 aromatic rings. The highest BCUT2D eigenvalue weighted by atomic mass is 35.5. The zero-order valence-electron chi connectivity index (χ0n) is 10.6. The van der Waals surface area contributed by atoms with Crippen LogP contribution in [0.5, 0.6) is 0 Å². The Morgan fingerprint density at radius 1 is 1.43 bits per heavy atom. The Hall–Kier alpha value is -1.02. The Morgan fingerprint density at radius 2 is 2.10 bits per heavy atom. The summed E-state index contributed by atoms with van der Waals surface area (Å²) in [6.45, 7) is 0.284. The lowest BCUT2D eigenvalue weighted by Gasteiger charge is -2.14. The lowest BCUT2D eigenvalue weighted by molar-refractivity contribution is -0.137. The van der Waals surface area contributed by atoms with Gasteiger partial charge in [0.05, 0.1) is 22.7 Å². The molecule has 1 heterocycles. The van der Waals surface area contributed by atoms with Gasteiger partial charge in [0.2, 0.25) is 5.91 Å². The van der Waals surface area contributed by atoms with Gasteiger partial charge in [0.25, 0.3) is 0 Å². The summed E-state index contributed by atoms with van der Waals surface area (Å²) in [5.74, 6) is -0.489. The molecule has 1 amide bonds. The summed E-state index contributed by atoms with van der Waals surface area (Å²) in [5.41, 5.74) is -0.994. The van der Waals surface area contributed by atoms with Gasteiger partial charge in [-0.1, -0.05) is 11.6 Å². The minimum Gasteiger partial charge on any atom is -0.392 e. The molecule has 0 saturated carbocycles. The van der Waals surface area contributed by atoms with Gasteiger partial charge in [-0.15, -0.1) is 12.4 Å². The van der Waals surface area contributed by atoms with Gasteiger partial charge < -0.3 is 15.7 Å². The number of amides is 1. The molecule has 118 valence electrons. The second-order valence-electron chi connectivity index (χ2n) is 4.53. The maximum Gasteiger partial charge on any atom is 0.417 e. The van der Waals surface area contributed by atoms with E-state index in [0.717, 1.165) is 12.1 Å². The molecule has 3 N–H and O–H groups in total. The normalized spacial score (nSPS) is 21.8. The average Bonchev–Trinajstić information content (AvgIpc) is 2.77. The van der Waals surface area contributed by atoms with Gasteiger partial charge in [-0.05, 0) is 24.6 Å². The minimum atomic E-state index is -4.58. The number of aliphatic hydroxyl groups is 1. The molecule has 1 fully saturated rings. The molecule has 0 spiro atoms. The first-order valence-electron chi connectivity index (χ1n) is 5.86. The molecule has 9 heteroatoms. The van der Waals surface area contributed by atoms with Crippen LogP contribution in [0.15, 0.2) is 18.2 Å². The fourth-order valence-corrected chi connectivity index (χ4v) is 2.19. The summed E-state index contributed by atoms with van der Waals surface area (Å²) in [6.07, 6.45) is -4.98. The minimum absolute atomic E-state index is 0. The van der Waals surface area contributed by atoms with Gasteiger partial charge in [-0.25, -0.2) is 0 Å². The monoisotopic (exact) mass is 344 g/mol. The number of carbonyl (C=O) groups excluding carboxylic acids is 1. The fraction of sp³-hybridized carbons (Fsp3) is 0.417. The first-order chi connectivity index (χ1) is 9.27. The van der Waals surface area contributed by atoms with Crippen LogP contribution in [0.1, 0.15) is 12.0 Å². The summed E-state index contributed by atoms with van der Waals surface area (Å²) in [4.78, 5) is 11.8. The first kappa shape index (κ1) is 18.0. The molecule has 1 aliphatic heterocycles. The Labute approximate surface area is 130 Å². The predicted molar refractivity (Wildman–Crippen MR) is 74.7 cm³/mol. The third kappa shape index (κ3) is 4.47. The fourth-order valence-electron chi connectivity index (χ4n) is 1.97. The highest BCUT2D eigenvalue weighted by Gasteiger charge is 2.34. The van der Waals surface area contributed by atoms with E-state index >= 15 is 0 Å². The van der Waals surface area contributed by atoms with Crippen LogP contribution in [-0.2, 0) is 11.0 Å². The number of nitrogens with one attached hydrogen (secondary N) is 2. The van der Waals surface area contributed by atoms with Crippen molar-refractivity contribution in [3.05, 3.63) is 28.8 Å². The van der Waals surface area contributed by atoms with Crippen LogP contribution in [0.2, 0.25) is 5.02 Å². The van der Waals surface area contributed by atoms with E-state index < -0.39 is 34.8 Å². The molecule has 2 atom stereocenters. The van der Waals surface area contributed by atoms with Crippen LogP contribution < -0.4 is 10.6 Å². The van der Waals surface area contributed by atoms with E-state index in [4.69, 9.17) is 11.6 Å². The third-order valence-electron chi connectivity index (χ3n) is 2.96. The number of carbonyl (C=O) groups is 1. The van der Waals surface area contributed by atoms with Crippen molar-refractivity contribution in [3.63, 3.8) is 0 Å². The quantitative estimate of drug-likeness (QED) is 0.772. The van der Waals surface area contributed by atoms with Crippen LogP contribution in [0.3, 0.4) is 0 Å². The molecule has 2 unspecified atom stereocenters. The summed E-state index contributed by atoms with van der Waals surface area (Å²) < 4.78 is 38.0. The molecular formula is C12H13Cl2F3N2O2. The van der Waals surface area contributed by atoms with Crippen LogP contribution in [0.25, 0.3) is 0 Å². The number of hydrogen-bond donors (Lipinski definition) is 3. The number of hydrogen-bond acceptors (Lipinski definition) is 3. The van der Waals surface area contributed by atoms with E-state index in [1.54, 1.807) is 0 Å². The number of benzene rings is 1. The number of rotatable bonds is 2. The molecule has 0 aliphatic carbocycles. The standard InChI is InChI=1S/C12H12ClF3N2O2.ClH/c13-9-2-1-6(3-8(9)12(14,15)16)18-11(20)10-4-7(19)5-17-10;/h1-3,7,10,17,19H,4-5H2,(H,18,20);1H. The SMILES string of the molecule is Cl.O=C(Nc1ccc(Cl)c(C(F)(F)F)c1)C1CC(O)CN1. The second kappa shape index (κ2) is 6.83. The molecule has 21 heavy (non-hydrogen) atoms. The van der Waals surface area contributed by atoms with E-state index in [9.17, 15) is 23.1 Å². The smallest absolute Gasteiger partial charge is 0.392 e. The number of anilines is 1. The van der Waals surface area contributed by atoms with Crippen molar-refractivity contribution < 1.29 is 23.1 Å². The molecule has 1 aromatic carbocycles. The topological polar surface area (TPSA) is 61.4 Å². The average molecular weight is 345 g/mol. The zero-order valence-corrected chi connectivity index (χ0v) is 12.1. The van der Waals surface area contributed by atoms with E-state index in [-0.39, 0.29) is 31.1 Å². The number of aliphatic hydroxyl groups excluding tert-OH is 1. The highest BCUT2D eigenvalue weighted by molar-refractivity contribution is 6.31. The van der Waals surface area contributed by atoms with Crippen molar-refractivity contribution in [2.45, 2.75) is 24.7 Å². The summed E-state index contributed by atoms with van der Waals surface area (Å²) in [5, 5.41) is 14.0. The molecule has 1 saturated heterocycles. The van der Waals surface area contributed by atoms with Crippen molar-refractivity contribution in [2.24, 2.45) is 0 Å². The molecular weight excluding hydrogens is 332 g/mol. The maximum absolute atomic E-state index is 12.7. The van der Waals surface area contributed by atoms with E-state index in [1.807, 2.05) is 0 Å². The number of alkyl halides is 3. The van der Waals surface area contributed by atoms with Crippen molar-refractivity contribution in [1.82, 2.24) is 5.32 Å². The molecule has 4 nitrogen and oxygen atoms in total. The Bertz CT molecular complexity index is 526. The second-order valence-corrected chi connectivity index (χ2v) is 4.94. The third-order valence-corrected chi connectivity index (χ3v) is 3.29. The van der Waals surface area contributed by atoms with Crippen molar-refractivity contribution >= 4 is 35.6 Å². The van der Waals surface area contributed by atoms with Gasteiger partial charge in [-0.3, -0.25) is 4.79 Å². The van der Waals surface area contributed by atoms with Crippen molar-refractivity contribution in [2.75, 3.05) is 11.9 Å². The van der Waals surface area contributed by atoms with Crippen LogP contribution in [-0.4, -0.2) is 29.7 Å². The number of halogens is 5. The predicted octanol–water partition coefficient (Wildman–Crippen LogP) is 2.44. The maximum atomic E-state index is 12.7. The van der Waals surface area contributed by atoms with Crippen LogP contribution in [0, 0.1) is 0 Å². The Kier molecular flexibility index (Phi) is 5.86. The van der Waals surface area contributed by atoms with Gasteiger partial charge in [0, 0.05) is 12.2 Å². The molecule has 2 rings (SSSR count). The van der Waals surface area contributed by atoms with E-state index in [1.165, 1.54) is 6.07 Å². The lowest BCUT2D eigenvalue weighted by atomic mass is 10.1. The zero-order chi connectivity index (χ0) is 14.9. The van der Waals surface area contributed by atoms with Gasteiger partial charge in [0.15, 0.2) is 0 Å².